The molecular weight excluding hydrogens is 370 g/mol. The number of anilines is 1. The Morgan fingerprint density at radius 1 is 1.35 bits per heavy atom. The molecule has 1 N–H and O–H groups in total. The lowest BCUT2D eigenvalue weighted by molar-refractivity contribution is 0.0378. The number of fused-ring (bicyclic) bond motifs is 1. The van der Waals surface area contributed by atoms with Crippen molar-refractivity contribution in [2.45, 2.75) is 46.1 Å². The van der Waals surface area contributed by atoms with Gasteiger partial charge < -0.3 is 10.1 Å². The zero-order chi connectivity index (χ0) is 18.8. The number of rotatable bonds is 4. The molecule has 0 spiro atoms. The van der Waals surface area contributed by atoms with Crippen molar-refractivity contribution < 1.29 is 14.3 Å². The average molecular weight is 392 g/mol. The molecule has 1 aliphatic carbocycles. The van der Waals surface area contributed by atoms with Crippen molar-refractivity contribution in [2.75, 3.05) is 5.32 Å². The van der Waals surface area contributed by atoms with Gasteiger partial charge in [-0.25, -0.2) is 4.79 Å². The van der Waals surface area contributed by atoms with Crippen molar-refractivity contribution in [3.63, 3.8) is 0 Å². The molecule has 1 amide bonds. The number of esters is 1. The summed E-state index contributed by atoms with van der Waals surface area (Å²) in [5, 5.41) is 3.97. The number of benzene rings is 1. The molecule has 3 rings (SSSR count). The largest absolute Gasteiger partial charge is 0.459 e. The highest BCUT2D eigenvalue weighted by molar-refractivity contribution is 7.17. The lowest BCUT2D eigenvalue weighted by Gasteiger charge is -2.18. The summed E-state index contributed by atoms with van der Waals surface area (Å²) in [6, 6.07) is 6.75. The minimum Gasteiger partial charge on any atom is -0.459 e. The number of hydrogen-bond acceptors (Lipinski definition) is 4. The van der Waals surface area contributed by atoms with Crippen LogP contribution in [0.15, 0.2) is 24.3 Å². The Kier molecular flexibility index (Phi) is 5.68. The zero-order valence-corrected chi connectivity index (χ0v) is 16.7. The van der Waals surface area contributed by atoms with E-state index in [0.29, 0.717) is 27.1 Å². The van der Waals surface area contributed by atoms with Crippen LogP contribution in [0.2, 0.25) is 5.02 Å². The molecule has 1 aromatic heterocycles. The van der Waals surface area contributed by atoms with Crippen LogP contribution in [0.4, 0.5) is 5.00 Å². The molecular formula is C20H22ClNO3S. The zero-order valence-electron chi connectivity index (χ0n) is 15.1. The first-order chi connectivity index (χ1) is 12.3. The van der Waals surface area contributed by atoms with Crippen molar-refractivity contribution in [1.82, 2.24) is 0 Å². The van der Waals surface area contributed by atoms with Crippen molar-refractivity contribution in [2.24, 2.45) is 5.92 Å². The molecule has 2 aromatic rings. The van der Waals surface area contributed by atoms with E-state index in [4.69, 9.17) is 16.3 Å². The summed E-state index contributed by atoms with van der Waals surface area (Å²) in [7, 11) is 0. The molecule has 26 heavy (non-hydrogen) atoms. The average Bonchev–Trinajstić information content (AvgIpc) is 2.91. The Morgan fingerprint density at radius 3 is 2.81 bits per heavy atom. The maximum absolute atomic E-state index is 12.7. The Hall–Kier alpha value is -1.85. The molecule has 4 nitrogen and oxygen atoms in total. The van der Waals surface area contributed by atoms with E-state index in [9.17, 15) is 9.59 Å². The van der Waals surface area contributed by atoms with Crippen LogP contribution in [0, 0.1) is 5.92 Å². The number of thiophene rings is 1. The summed E-state index contributed by atoms with van der Waals surface area (Å²) in [6.45, 7) is 5.85. The third kappa shape index (κ3) is 4.10. The van der Waals surface area contributed by atoms with Crippen molar-refractivity contribution >= 4 is 39.8 Å². The normalized spacial score (nSPS) is 16.3. The van der Waals surface area contributed by atoms with E-state index >= 15 is 0 Å². The molecule has 6 heteroatoms. The molecule has 138 valence electrons. The summed E-state index contributed by atoms with van der Waals surface area (Å²) in [5.41, 5.74) is 2.00. The van der Waals surface area contributed by atoms with Gasteiger partial charge in [-0.3, -0.25) is 4.79 Å². The van der Waals surface area contributed by atoms with E-state index in [0.717, 1.165) is 24.8 Å². The second-order valence-electron chi connectivity index (χ2n) is 6.97. The monoisotopic (exact) mass is 391 g/mol. The summed E-state index contributed by atoms with van der Waals surface area (Å²) < 4.78 is 5.43. The summed E-state index contributed by atoms with van der Waals surface area (Å²) in [6.07, 6.45) is 2.59. The number of ether oxygens (including phenoxy) is 1. The van der Waals surface area contributed by atoms with E-state index in [-0.39, 0.29) is 18.0 Å². The molecule has 0 saturated heterocycles. The van der Waals surface area contributed by atoms with E-state index in [1.165, 1.54) is 16.2 Å². The van der Waals surface area contributed by atoms with Gasteiger partial charge in [0.25, 0.3) is 5.91 Å². The first-order valence-corrected chi connectivity index (χ1v) is 9.97. The highest BCUT2D eigenvalue weighted by Gasteiger charge is 2.29. The summed E-state index contributed by atoms with van der Waals surface area (Å²) >= 11 is 7.46. The fraction of sp³-hybridized carbons (Fsp3) is 0.400. The standard InChI is InChI=1S/C20H22ClNO3S/c1-11(2)25-20(24)17-15-8-7-12(3)9-16(15)26-19(17)22-18(23)13-5-4-6-14(21)10-13/h4-6,10-12H,7-9H2,1-3H3,(H,22,23)/t12-/m0/s1. The Balaban J connectivity index is 1.95. The number of carbonyl (C=O) groups is 2. The molecule has 0 unspecified atom stereocenters. The number of carbonyl (C=O) groups excluding carboxylic acids is 2. The predicted octanol–water partition coefficient (Wildman–Crippen LogP) is 5.34. The molecule has 0 radical (unpaired) electrons. The Labute approximate surface area is 162 Å². The smallest absolute Gasteiger partial charge is 0.341 e. The number of nitrogens with one attached hydrogen (secondary N) is 1. The third-order valence-corrected chi connectivity index (χ3v) is 5.78. The highest BCUT2D eigenvalue weighted by Crippen LogP contribution is 2.40. The van der Waals surface area contributed by atoms with E-state index < -0.39 is 0 Å². The Bertz CT molecular complexity index is 844. The van der Waals surface area contributed by atoms with Gasteiger partial charge in [-0.1, -0.05) is 24.6 Å². The van der Waals surface area contributed by atoms with Gasteiger partial charge in [-0.2, -0.15) is 0 Å². The fourth-order valence-corrected chi connectivity index (χ4v) is 4.72. The number of hydrogen-bond donors (Lipinski definition) is 1. The third-order valence-electron chi connectivity index (χ3n) is 4.37. The van der Waals surface area contributed by atoms with Crippen molar-refractivity contribution in [3.05, 3.63) is 50.9 Å². The molecule has 0 saturated carbocycles. The second-order valence-corrected chi connectivity index (χ2v) is 8.52. The van der Waals surface area contributed by atoms with Gasteiger partial charge in [0.1, 0.15) is 5.00 Å². The van der Waals surface area contributed by atoms with Crippen LogP contribution < -0.4 is 5.32 Å². The minimum atomic E-state index is -0.367. The highest BCUT2D eigenvalue weighted by atomic mass is 35.5. The quantitative estimate of drug-likeness (QED) is 0.715. The molecule has 1 aliphatic rings. The van der Waals surface area contributed by atoms with Gasteiger partial charge in [-0.15, -0.1) is 11.3 Å². The maximum atomic E-state index is 12.7. The van der Waals surface area contributed by atoms with Crippen molar-refractivity contribution in [1.29, 1.82) is 0 Å². The maximum Gasteiger partial charge on any atom is 0.341 e. The molecule has 1 heterocycles. The SMILES string of the molecule is CC(C)OC(=O)c1c(NC(=O)c2cccc(Cl)c2)sc2c1CC[C@H](C)C2. The van der Waals surface area contributed by atoms with Gasteiger partial charge in [0.2, 0.25) is 0 Å². The van der Waals surface area contributed by atoms with Gasteiger partial charge in [0, 0.05) is 15.5 Å². The van der Waals surface area contributed by atoms with Crippen molar-refractivity contribution in [3.8, 4) is 0 Å². The summed E-state index contributed by atoms with van der Waals surface area (Å²) in [5.74, 6) is -0.0715. The second kappa shape index (κ2) is 7.80. The topological polar surface area (TPSA) is 55.4 Å². The first-order valence-electron chi connectivity index (χ1n) is 8.77. The van der Waals surface area contributed by atoms with Gasteiger partial charge in [0.05, 0.1) is 11.7 Å². The van der Waals surface area contributed by atoms with Crippen LogP contribution in [0.1, 0.15) is 58.3 Å². The summed E-state index contributed by atoms with van der Waals surface area (Å²) in [4.78, 5) is 26.5. The van der Waals surface area contributed by atoms with Gasteiger partial charge in [-0.05, 0) is 62.8 Å². The molecule has 0 bridgehead atoms. The minimum absolute atomic E-state index is 0.211. The van der Waals surface area contributed by atoms with Crippen LogP contribution in [0.25, 0.3) is 0 Å². The number of amides is 1. The van der Waals surface area contributed by atoms with E-state index in [2.05, 4.69) is 12.2 Å². The van der Waals surface area contributed by atoms with Gasteiger partial charge in [0.15, 0.2) is 0 Å². The van der Waals surface area contributed by atoms with Crippen LogP contribution >= 0.6 is 22.9 Å². The lowest BCUT2D eigenvalue weighted by atomic mass is 9.88. The molecule has 0 fully saturated rings. The lowest BCUT2D eigenvalue weighted by Crippen LogP contribution is -2.18. The molecule has 1 aromatic carbocycles. The number of halogens is 1. The van der Waals surface area contributed by atoms with Crippen LogP contribution in [0.5, 0.6) is 0 Å². The van der Waals surface area contributed by atoms with Crippen LogP contribution in [0.3, 0.4) is 0 Å². The molecule has 1 atom stereocenters. The van der Waals surface area contributed by atoms with Gasteiger partial charge >= 0.3 is 5.97 Å². The Morgan fingerprint density at radius 2 is 2.12 bits per heavy atom. The predicted molar refractivity (Wildman–Crippen MR) is 105 cm³/mol. The molecule has 0 aliphatic heterocycles. The van der Waals surface area contributed by atoms with Crippen LogP contribution in [-0.4, -0.2) is 18.0 Å². The fourth-order valence-electron chi connectivity index (χ4n) is 3.13. The van der Waals surface area contributed by atoms with E-state index in [1.54, 1.807) is 24.3 Å². The van der Waals surface area contributed by atoms with Crippen LogP contribution in [-0.2, 0) is 17.6 Å². The van der Waals surface area contributed by atoms with E-state index in [1.807, 2.05) is 13.8 Å². The first kappa shape index (κ1) is 18.9.